The van der Waals surface area contributed by atoms with Crippen molar-refractivity contribution >= 4 is 0 Å². The van der Waals surface area contributed by atoms with E-state index in [1.165, 1.54) is 6.42 Å². The fraction of sp³-hybridized carbons (Fsp3) is 1.00. The van der Waals surface area contributed by atoms with Crippen molar-refractivity contribution in [2.45, 2.75) is 26.6 Å². The van der Waals surface area contributed by atoms with Gasteiger partial charge in [-0.1, -0.05) is 13.8 Å². The Bertz CT molecular complexity index is 153. The van der Waals surface area contributed by atoms with Crippen LogP contribution in [0.2, 0.25) is 0 Å². The molecule has 3 nitrogen and oxygen atoms in total. The highest BCUT2D eigenvalue weighted by molar-refractivity contribution is 4.96. The summed E-state index contributed by atoms with van der Waals surface area (Å²) in [5.41, 5.74) is 0.558. The molecule has 0 radical (unpaired) electrons. The van der Waals surface area contributed by atoms with Crippen LogP contribution in [0.5, 0.6) is 0 Å². The molecule has 3 heteroatoms. The molecular formula is C10H21NO2. The van der Waals surface area contributed by atoms with Crippen molar-refractivity contribution in [1.82, 2.24) is 5.32 Å². The lowest BCUT2D eigenvalue weighted by Gasteiger charge is -2.14. The minimum absolute atomic E-state index is 0.109. The summed E-state index contributed by atoms with van der Waals surface area (Å²) >= 11 is 0. The molecular weight excluding hydrogens is 166 g/mol. The van der Waals surface area contributed by atoms with Gasteiger partial charge < -0.3 is 14.8 Å². The average Bonchev–Trinajstić information content (AvgIpc) is 2.68. The molecule has 0 aromatic heterocycles. The molecule has 0 amide bonds. The van der Waals surface area contributed by atoms with Gasteiger partial charge in [-0.05, 0) is 24.3 Å². The van der Waals surface area contributed by atoms with Crippen molar-refractivity contribution < 1.29 is 9.47 Å². The topological polar surface area (TPSA) is 30.5 Å². The monoisotopic (exact) mass is 187 g/mol. The summed E-state index contributed by atoms with van der Waals surface area (Å²) in [5, 5.41) is 3.35. The van der Waals surface area contributed by atoms with Crippen LogP contribution in [0.3, 0.4) is 0 Å². The van der Waals surface area contributed by atoms with E-state index in [1.54, 1.807) is 14.2 Å². The molecule has 1 unspecified atom stereocenters. The summed E-state index contributed by atoms with van der Waals surface area (Å²) in [6.07, 6.45) is 1.23. The Morgan fingerprint density at radius 3 is 2.31 bits per heavy atom. The lowest BCUT2D eigenvalue weighted by atomic mass is 10.1. The van der Waals surface area contributed by atoms with Crippen LogP contribution in [0.1, 0.15) is 20.3 Å². The van der Waals surface area contributed by atoms with Crippen molar-refractivity contribution in [3.05, 3.63) is 0 Å². The van der Waals surface area contributed by atoms with E-state index in [2.05, 4.69) is 19.2 Å². The van der Waals surface area contributed by atoms with Crippen LogP contribution in [0.25, 0.3) is 0 Å². The fourth-order valence-corrected chi connectivity index (χ4v) is 1.56. The van der Waals surface area contributed by atoms with Crippen LogP contribution >= 0.6 is 0 Å². The number of ether oxygens (including phenoxy) is 2. The third kappa shape index (κ3) is 3.25. The quantitative estimate of drug-likeness (QED) is 0.635. The Kier molecular flexibility index (Phi) is 3.71. The fourth-order valence-electron chi connectivity index (χ4n) is 1.56. The Morgan fingerprint density at radius 2 is 1.92 bits per heavy atom. The Labute approximate surface area is 80.8 Å². The second-order valence-electron chi connectivity index (χ2n) is 4.45. The molecule has 1 N–H and O–H groups in total. The first kappa shape index (κ1) is 11.0. The van der Waals surface area contributed by atoms with Crippen LogP contribution in [0, 0.1) is 11.3 Å². The first-order valence-corrected chi connectivity index (χ1v) is 4.86. The smallest absolute Gasteiger partial charge is 0.169 e. The number of methoxy groups -OCH3 is 2. The molecule has 0 heterocycles. The summed E-state index contributed by atoms with van der Waals surface area (Å²) in [6.45, 7) is 6.47. The SMILES string of the molecule is COC(CNCC1CC1(C)C)OC. The number of nitrogens with one attached hydrogen (secondary N) is 1. The highest BCUT2D eigenvalue weighted by Gasteiger charge is 2.44. The summed E-state index contributed by atoms with van der Waals surface area (Å²) in [5.74, 6) is 0.835. The van der Waals surface area contributed by atoms with Gasteiger partial charge in [0.1, 0.15) is 0 Å². The molecule has 0 aromatic carbocycles. The zero-order valence-electron chi connectivity index (χ0n) is 9.09. The average molecular weight is 187 g/mol. The molecule has 1 fully saturated rings. The molecule has 0 spiro atoms. The Morgan fingerprint density at radius 1 is 1.38 bits per heavy atom. The molecule has 1 atom stereocenters. The van der Waals surface area contributed by atoms with Gasteiger partial charge in [0.25, 0.3) is 0 Å². The summed E-state index contributed by atoms with van der Waals surface area (Å²) in [4.78, 5) is 0. The van der Waals surface area contributed by atoms with Gasteiger partial charge in [-0.2, -0.15) is 0 Å². The third-order valence-corrected chi connectivity index (χ3v) is 2.95. The zero-order chi connectivity index (χ0) is 9.90. The van der Waals surface area contributed by atoms with E-state index < -0.39 is 0 Å². The van der Waals surface area contributed by atoms with E-state index in [0.717, 1.165) is 19.0 Å². The summed E-state index contributed by atoms with van der Waals surface area (Å²) in [6, 6.07) is 0. The van der Waals surface area contributed by atoms with E-state index in [1.807, 2.05) is 0 Å². The molecule has 0 bridgehead atoms. The Balaban J connectivity index is 2.01. The van der Waals surface area contributed by atoms with Crippen LogP contribution in [-0.4, -0.2) is 33.6 Å². The van der Waals surface area contributed by atoms with E-state index in [9.17, 15) is 0 Å². The molecule has 13 heavy (non-hydrogen) atoms. The molecule has 78 valence electrons. The molecule has 1 aliphatic carbocycles. The second-order valence-corrected chi connectivity index (χ2v) is 4.45. The largest absolute Gasteiger partial charge is 0.355 e. The van der Waals surface area contributed by atoms with Gasteiger partial charge in [-0.3, -0.25) is 0 Å². The van der Waals surface area contributed by atoms with E-state index in [0.29, 0.717) is 5.41 Å². The maximum Gasteiger partial charge on any atom is 0.169 e. The van der Waals surface area contributed by atoms with Gasteiger partial charge in [-0.15, -0.1) is 0 Å². The third-order valence-electron chi connectivity index (χ3n) is 2.95. The van der Waals surface area contributed by atoms with Crippen LogP contribution < -0.4 is 5.32 Å². The highest BCUT2D eigenvalue weighted by Crippen LogP contribution is 2.50. The Hall–Kier alpha value is -0.120. The first-order valence-electron chi connectivity index (χ1n) is 4.86. The standard InChI is InChI=1S/C10H21NO2/c1-10(2)5-8(10)6-11-7-9(12-3)13-4/h8-9,11H,5-7H2,1-4H3. The molecule has 0 saturated heterocycles. The number of hydrogen-bond donors (Lipinski definition) is 1. The van der Waals surface area contributed by atoms with Crippen molar-refractivity contribution in [3.63, 3.8) is 0 Å². The van der Waals surface area contributed by atoms with Crippen molar-refractivity contribution in [2.75, 3.05) is 27.3 Å². The van der Waals surface area contributed by atoms with E-state index in [-0.39, 0.29) is 6.29 Å². The summed E-state index contributed by atoms with van der Waals surface area (Å²) in [7, 11) is 3.33. The van der Waals surface area contributed by atoms with Crippen LogP contribution in [0.4, 0.5) is 0 Å². The highest BCUT2D eigenvalue weighted by atomic mass is 16.7. The first-order chi connectivity index (χ1) is 6.10. The summed E-state index contributed by atoms with van der Waals surface area (Å²) < 4.78 is 10.1. The molecule has 1 aliphatic rings. The van der Waals surface area contributed by atoms with Gasteiger partial charge in [0, 0.05) is 20.8 Å². The van der Waals surface area contributed by atoms with Gasteiger partial charge in [0.2, 0.25) is 0 Å². The van der Waals surface area contributed by atoms with Gasteiger partial charge in [0.05, 0.1) is 0 Å². The predicted molar refractivity (Wildman–Crippen MR) is 52.6 cm³/mol. The number of rotatable bonds is 6. The van der Waals surface area contributed by atoms with E-state index in [4.69, 9.17) is 9.47 Å². The maximum absolute atomic E-state index is 5.07. The van der Waals surface area contributed by atoms with Crippen LogP contribution in [-0.2, 0) is 9.47 Å². The van der Waals surface area contributed by atoms with Crippen molar-refractivity contribution in [3.8, 4) is 0 Å². The van der Waals surface area contributed by atoms with E-state index >= 15 is 0 Å². The lowest BCUT2D eigenvalue weighted by molar-refractivity contribution is -0.0988. The normalized spacial score (nSPS) is 25.2. The van der Waals surface area contributed by atoms with Gasteiger partial charge >= 0.3 is 0 Å². The van der Waals surface area contributed by atoms with Gasteiger partial charge in [-0.25, -0.2) is 0 Å². The maximum atomic E-state index is 5.07. The molecule has 0 aliphatic heterocycles. The minimum Gasteiger partial charge on any atom is -0.355 e. The minimum atomic E-state index is -0.109. The van der Waals surface area contributed by atoms with Crippen LogP contribution in [0.15, 0.2) is 0 Å². The number of hydrogen-bond acceptors (Lipinski definition) is 3. The predicted octanol–water partition coefficient (Wildman–Crippen LogP) is 1.24. The second kappa shape index (κ2) is 4.40. The molecule has 0 aromatic rings. The van der Waals surface area contributed by atoms with Crippen molar-refractivity contribution in [1.29, 1.82) is 0 Å². The lowest BCUT2D eigenvalue weighted by Crippen LogP contribution is -2.31. The molecule has 1 saturated carbocycles. The van der Waals surface area contributed by atoms with Crippen molar-refractivity contribution in [2.24, 2.45) is 11.3 Å². The van der Waals surface area contributed by atoms with Gasteiger partial charge in [0.15, 0.2) is 6.29 Å². The zero-order valence-corrected chi connectivity index (χ0v) is 9.09. The molecule has 1 rings (SSSR count).